The molecule has 0 unspecified atom stereocenters. The van der Waals surface area contributed by atoms with Crippen LogP contribution in [0.3, 0.4) is 0 Å². The molecule has 7 nitrogen and oxygen atoms in total. The summed E-state index contributed by atoms with van der Waals surface area (Å²) in [6.07, 6.45) is -0.836. The summed E-state index contributed by atoms with van der Waals surface area (Å²) in [5, 5.41) is 9.39. The van der Waals surface area contributed by atoms with E-state index in [1.54, 1.807) is 32.0 Å². The van der Waals surface area contributed by atoms with Crippen LogP contribution in [0.5, 0.6) is 0 Å². The van der Waals surface area contributed by atoms with Crippen LogP contribution in [0.4, 0.5) is 20.0 Å². The van der Waals surface area contributed by atoms with Crippen molar-refractivity contribution in [2.24, 2.45) is 5.92 Å². The van der Waals surface area contributed by atoms with Gasteiger partial charge in [-0.1, -0.05) is 67.6 Å². The summed E-state index contributed by atoms with van der Waals surface area (Å²) in [6.45, 7) is 3.50. The standard InChI is InChI=1S/C21H21FN4O3S2/c1-13(2)17(18(27)23-19-24-25-20(30)31-19)26(16-11-7-6-10-15(16)22)21(28)29-12-14-8-4-3-5-9-14/h3-11,13,17H,12H2,1-2H3,(H,25,30)(H,23,24,27)/t17-/m0/s1. The van der Waals surface area contributed by atoms with E-state index in [2.05, 4.69) is 15.5 Å². The smallest absolute Gasteiger partial charge is 0.415 e. The Morgan fingerprint density at radius 3 is 2.48 bits per heavy atom. The number of hydrogen-bond acceptors (Lipinski definition) is 6. The van der Waals surface area contributed by atoms with Crippen molar-refractivity contribution < 1.29 is 18.7 Å². The van der Waals surface area contributed by atoms with Gasteiger partial charge in [0.2, 0.25) is 11.0 Å². The SMILES string of the molecule is CC(C)[C@@H](C(=O)Nc1n[nH]c(=S)s1)N(C(=O)OCc1ccccc1)c1ccccc1F. The van der Waals surface area contributed by atoms with Crippen molar-refractivity contribution in [1.29, 1.82) is 0 Å². The third kappa shape index (κ3) is 5.74. The van der Waals surface area contributed by atoms with E-state index in [0.717, 1.165) is 21.8 Å². The van der Waals surface area contributed by atoms with Gasteiger partial charge in [0.05, 0.1) is 5.69 Å². The summed E-state index contributed by atoms with van der Waals surface area (Å²) in [6, 6.07) is 13.8. The number of amides is 2. The van der Waals surface area contributed by atoms with E-state index in [-0.39, 0.29) is 23.3 Å². The molecule has 2 amide bonds. The topological polar surface area (TPSA) is 87.3 Å². The number of carbonyl (C=O) groups is 2. The van der Waals surface area contributed by atoms with E-state index in [1.807, 2.05) is 18.2 Å². The molecule has 2 N–H and O–H groups in total. The quantitative estimate of drug-likeness (QED) is 0.477. The Labute approximate surface area is 187 Å². The molecule has 0 fully saturated rings. The molecule has 0 saturated heterocycles. The molecule has 0 aliphatic heterocycles. The minimum atomic E-state index is -1.06. The van der Waals surface area contributed by atoms with Crippen molar-refractivity contribution in [1.82, 2.24) is 10.2 Å². The van der Waals surface area contributed by atoms with Crippen LogP contribution in [0.2, 0.25) is 0 Å². The fourth-order valence-electron chi connectivity index (χ4n) is 2.98. The first-order valence-electron chi connectivity index (χ1n) is 9.47. The van der Waals surface area contributed by atoms with Crippen LogP contribution in [0.25, 0.3) is 0 Å². The average Bonchev–Trinajstić information content (AvgIpc) is 3.15. The van der Waals surface area contributed by atoms with Crippen molar-refractivity contribution in [2.75, 3.05) is 10.2 Å². The molecular formula is C21H21FN4O3S2. The predicted octanol–water partition coefficient (Wildman–Crippen LogP) is 5.15. The molecule has 0 spiro atoms. The Morgan fingerprint density at radius 2 is 1.87 bits per heavy atom. The number of aromatic amines is 1. The van der Waals surface area contributed by atoms with E-state index in [1.165, 1.54) is 18.2 Å². The zero-order valence-electron chi connectivity index (χ0n) is 16.9. The lowest BCUT2D eigenvalue weighted by Gasteiger charge is -2.32. The molecule has 0 saturated carbocycles. The number of H-pyrrole nitrogens is 1. The normalized spacial score (nSPS) is 11.7. The highest BCUT2D eigenvalue weighted by atomic mass is 32.1. The lowest BCUT2D eigenvalue weighted by atomic mass is 10.0. The number of aromatic nitrogens is 2. The Hall–Kier alpha value is -3.11. The molecule has 1 aromatic heterocycles. The molecule has 0 bridgehead atoms. The molecular weight excluding hydrogens is 439 g/mol. The van der Waals surface area contributed by atoms with E-state index < -0.39 is 23.9 Å². The lowest BCUT2D eigenvalue weighted by molar-refractivity contribution is -0.118. The summed E-state index contributed by atoms with van der Waals surface area (Å²) in [5.41, 5.74) is 0.718. The number of nitrogens with zero attached hydrogens (tertiary/aromatic N) is 2. The van der Waals surface area contributed by atoms with Gasteiger partial charge in [-0.3, -0.25) is 20.1 Å². The van der Waals surface area contributed by atoms with E-state index in [9.17, 15) is 14.0 Å². The van der Waals surface area contributed by atoms with Gasteiger partial charge in [-0.05, 0) is 35.8 Å². The number of ether oxygens (including phenoxy) is 1. The molecule has 3 aromatic rings. The molecule has 1 heterocycles. The molecule has 0 aliphatic rings. The fourth-order valence-corrected chi connectivity index (χ4v) is 3.77. The molecule has 2 aromatic carbocycles. The van der Waals surface area contributed by atoms with Crippen molar-refractivity contribution in [2.45, 2.75) is 26.5 Å². The van der Waals surface area contributed by atoms with Crippen molar-refractivity contribution >= 4 is 46.4 Å². The Bertz CT molecular complexity index is 1100. The van der Waals surface area contributed by atoms with Crippen molar-refractivity contribution in [3.8, 4) is 0 Å². The highest BCUT2D eigenvalue weighted by molar-refractivity contribution is 7.73. The minimum Gasteiger partial charge on any atom is -0.444 e. The minimum absolute atomic E-state index is 0.0161. The van der Waals surface area contributed by atoms with Gasteiger partial charge >= 0.3 is 6.09 Å². The van der Waals surface area contributed by atoms with Gasteiger partial charge in [0, 0.05) is 0 Å². The van der Waals surface area contributed by atoms with Crippen LogP contribution in [0.15, 0.2) is 54.6 Å². The Balaban J connectivity index is 1.92. The molecule has 0 radical (unpaired) electrons. The van der Waals surface area contributed by atoms with Gasteiger partial charge in [0.15, 0.2) is 3.95 Å². The summed E-state index contributed by atoms with van der Waals surface area (Å²) in [7, 11) is 0. The van der Waals surface area contributed by atoms with Gasteiger partial charge in [0.1, 0.15) is 18.5 Å². The summed E-state index contributed by atoms with van der Waals surface area (Å²) < 4.78 is 20.5. The first-order valence-corrected chi connectivity index (χ1v) is 10.7. The molecule has 1 atom stereocenters. The van der Waals surface area contributed by atoms with Crippen molar-refractivity contribution in [3.05, 3.63) is 69.9 Å². The van der Waals surface area contributed by atoms with Crippen LogP contribution >= 0.6 is 23.6 Å². The van der Waals surface area contributed by atoms with Gasteiger partial charge in [-0.15, -0.1) is 5.10 Å². The fraction of sp³-hybridized carbons (Fsp3) is 0.238. The number of halogens is 1. The van der Waals surface area contributed by atoms with Crippen LogP contribution in [0, 0.1) is 15.7 Å². The van der Waals surface area contributed by atoms with Crippen LogP contribution in [0.1, 0.15) is 19.4 Å². The largest absolute Gasteiger partial charge is 0.444 e. The van der Waals surface area contributed by atoms with Crippen LogP contribution < -0.4 is 10.2 Å². The number of para-hydroxylation sites is 1. The van der Waals surface area contributed by atoms with Crippen LogP contribution in [-0.4, -0.2) is 28.2 Å². The van der Waals surface area contributed by atoms with E-state index in [4.69, 9.17) is 17.0 Å². The monoisotopic (exact) mass is 460 g/mol. The molecule has 0 aliphatic carbocycles. The van der Waals surface area contributed by atoms with Gasteiger partial charge < -0.3 is 4.74 Å². The zero-order valence-corrected chi connectivity index (χ0v) is 18.5. The highest BCUT2D eigenvalue weighted by Crippen LogP contribution is 2.27. The zero-order chi connectivity index (χ0) is 22.4. The first-order chi connectivity index (χ1) is 14.9. The van der Waals surface area contributed by atoms with Gasteiger partial charge in [-0.25, -0.2) is 9.18 Å². The van der Waals surface area contributed by atoms with E-state index >= 15 is 0 Å². The lowest BCUT2D eigenvalue weighted by Crippen LogP contribution is -2.51. The Morgan fingerprint density at radius 1 is 1.19 bits per heavy atom. The number of nitrogens with one attached hydrogen (secondary N) is 2. The number of hydrogen-bond donors (Lipinski definition) is 2. The second-order valence-electron chi connectivity index (χ2n) is 6.96. The second kappa shape index (κ2) is 10.3. The molecule has 3 rings (SSSR count). The first kappa shape index (κ1) is 22.6. The number of carbonyl (C=O) groups excluding carboxylic acids is 2. The number of anilines is 2. The van der Waals surface area contributed by atoms with Gasteiger partial charge in [0.25, 0.3) is 0 Å². The maximum Gasteiger partial charge on any atom is 0.415 e. The van der Waals surface area contributed by atoms with Gasteiger partial charge in [-0.2, -0.15) is 0 Å². The third-order valence-electron chi connectivity index (χ3n) is 4.36. The summed E-state index contributed by atoms with van der Waals surface area (Å²) >= 11 is 6.06. The maximum atomic E-state index is 14.7. The predicted molar refractivity (Wildman–Crippen MR) is 120 cm³/mol. The summed E-state index contributed by atoms with van der Waals surface area (Å²) in [4.78, 5) is 27.2. The third-order valence-corrected chi connectivity index (χ3v) is 5.37. The molecule has 162 valence electrons. The number of rotatable bonds is 7. The highest BCUT2D eigenvalue weighted by Gasteiger charge is 2.36. The Kier molecular flexibility index (Phi) is 7.48. The summed E-state index contributed by atoms with van der Waals surface area (Å²) in [5.74, 6) is -1.54. The second-order valence-corrected chi connectivity index (χ2v) is 8.62. The average molecular weight is 461 g/mol. The van der Waals surface area contributed by atoms with Crippen LogP contribution in [-0.2, 0) is 16.1 Å². The van der Waals surface area contributed by atoms with Crippen molar-refractivity contribution in [3.63, 3.8) is 0 Å². The van der Waals surface area contributed by atoms with E-state index in [0.29, 0.717) is 3.95 Å². The number of benzene rings is 2. The molecule has 10 heteroatoms. The molecule has 31 heavy (non-hydrogen) atoms. The maximum absolute atomic E-state index is 14.7.